The van der Waals surface area contributed by atoms with Crippen molar-refractivity contribution >= 4 is 0 Å². The Balaban J connectivity index is 2.32. The fourth-order valence-electron chi connectivity index (χ4n) is 2.22. The Labute approximate surface area is 80.0 Å². The molecular weight excluding hydrogens is 160 g/mol. The molecule has 2 heterocycles. The van der Waals surface area contributed by atoms with Crippen molar-refractivity contribution in [3.63, 3.8) is 0 Å². The van der Waals surface area contributed by atoms with E-state index in [4.69, 9.17) is 0 Å². The van der Waals surface area contributed by atoms with Crippen molar-refractivity contribution in [2.45, 2.75) is 52.0 Å². The molecule has 0 bridgehead atoms. The van der Waals surface area contributed by atoms with Gasteiger partial charge in [0.1, 0.15) is 0 Å². The molecule has 0 saturated carbocycles. The summed E-state index contributed by atoms with van der Waals surface area (Å²) < 4.78 is 2.22. The molecule has 1 aliphatic heterocycles. The van der Waals surface area contributed by atoms with Crippen LogP contribution in [0.5, 0.6) is 0 Å². The first-order chi connectivity index (χ1) is 6.35. The van der Waals surface area contributed by atoms with E-state index in [-0.39, 0.29) is 0 Å². The Bertz CT molecular complexity index is 288. The predicted octanol–water partition coefficient (Wildman–Crippen LogP) is 2.73. The third kappa shape index (κ3) is 1.50. The first-order valence-electron chi connectivity index (χ1n) is 5.41. The first kappa shape index (κ1) is 8.79. The van der Waals surface area contributed by atoms with Crippen LogP contribution < -0.4 is 0 Å². The van der Waals surface area contributed by atoms with Crippen LogP contribution in [-0.4, -0.2) is 9.78 Å². The SMILES string of the molecule is CCc1cc2n(n1)CCCC2CC. The standard InChI is InChI=1S/C11H18N2/c1-3-9-6-5-7-13-11(9)8-10(4-2)12-13/h8-9H,3-7H2,1-2H3. The van der Waals surface area contributed by atoms with Crippen molar-refractivity contribution in [3.8, 4) is 0 Å². The minimum atomic E-state index is 0.765. The minimum Gasteiger partial charge on any atom is -0.269 e. The molecule has 0 amide bonds. The van der Waals surface area contributed by atoms with Crippen LogP contribution in [0, 0.1) is 0 Å². The third-order valence-electron chi connectivity index (χ3n) is 3.06. The van der Waals surface area contributed by atoms with E-state index >= 15 is 0 Å². The van der Waals surface area contributed by atoms with Crippen LogP contribution in [-0.2, 0) is 13.0 Å². The molecule has 1 aromatic rings. The van der Waals surface area contributed by atoms with Crippen molar-refractivity contribution in [2.75, 3.05) is 0 Å². The summed E-state index contributed by atoms with van der Waals surface area (Å²) in [5, 5.41) is 4.58. The Morgan fingerprint density at radius 1 is 1.54 bits per heavy atom. The van der Waals surface area contributed by atoms with Gasteiger partial charge in [0, 0.05) is 18.2 Å². The van der Waals surface area contributed by atoms with Crippen LogP contribution >= 0.6 is 0 Å². The molecule has 1 atom stereocenters. The maximum Gasteiger partial charge on any atom is 0.0624 e. The van der Waals surface area contributed by atoms with Crippen molar-refractivity contribution in [3.05, 3.63) is 17.5 Å². The van der Waals surface area contributed by atoms with E-state index in [9.17, 15) is 0 Å². The fourth-order valence-corrected chi connectivity index (χ4v) is 2.22. The second-order valence-corrected chi connectivity index (χ2v) is 3.88. The zero-order chi connectivity index (χ0) is 9.26. The summed E-state index contributed by atoms with van der Waals surface area (Å²) in [6.45, 7) is 5.58. The Morgan fingerprint density at radius 3 is 3.08 bits per heavy atom. The molecule has 2 heteroatoms. The molecular formula is C11H18N2. The molecule has 0 aliphatic carbocycles. The minimum absolute atomic E-state index is 0.765. The third-order valence-corrected chi connectivity index (χ3v) is 3.06. The lowest BCUT2D eigenvalue weighted by molar-refractivity contribution is 0.415. The van der Waals surface area contributed by atoms with E-state index in [1.54, 1.807) is 0 Å². The molecule has 0 spiro atoms. The van der Waals surface area contributed by atoms with E-state index < -0.39 is 0 Å². The van der Waals surface area contributed by atoms with E-state index in [0.29, 0.717) is 0 Å². The number of hydrogen-bond donors (Lipinski definition) is 0. The summed E-state index contributed by atoms with van der Waals surface area (Å²) in [4.78, 5) is 0. The highest BCUT2D eigenvalue weighted by Gasteiger charge is 2.20. The van der Waals surface area contributed by atoms with Gasteiger partial charge in [-0.2, -0.15) is 5.10 Å². The normalized spacial score (nSPS) is 21.5. The maximum atomic E-state index is 4.58. The van der Waals surface area contributed by atoms with E-state index in [1.807, 2.05) is 0 Å². The second kappa shape index (κ2) is 3.52. The van der Waals surface area contributed by atoms with Crippen LogP contribution in [0.2, 0.25) is 0 Å². The molecule has 1 aromatic heterocycles. The molecule has 2 rings (SSSR count). The van der Waals surface area contributed by atoms with E-state index in [0.717, 1.165) is 18.9 Å². The highest BCUT2D eigenvalue weighted by molar-refractivity contribution is 5.16. The smallest absolute Gasteiger partial charge is 0.0624 e. The zero-order valence-corrected chi connectivity index (χ0v) is 8.58. The van der Waals surface area contributed by atoms with Crippen molar-refractivity contribution in [2.24, 2.45) is 0 Å². The van der Waals surface area contributed by atoms with Gasteiger partial charge in [-0.05, 0) is 31.7 Å². The van der Waals surface area contributed by atoms with Crippen LogP contribution in [0.4, 0.5) is 0 Å². The van der Waals surface area contributed by atoms with E-state index in [2.05, 4.69) is 29.7 Å². The molecule has 72 valence electrons. The summed E-state index contributed by atoms with van der Waals surface area (Å²) in [6, 6.07) is 2.30. The number of nitrogens with zero attached hydrogens (tertiary/aromatic N) is 2. The lowest BCUT2D eigenvalue weighted by Gasteiger charge is -2.21. The highest BCUT2D eigenvalue weighted by atomic mass is 15.3. The summed E-state index contributed by atoms with van der Waals surface area (Å²) in [6.07, 6.45) is 4.98. The summed E-state index contributed by atoms with van der Waals surface area (Å²) in [5.41, 5.74) is 2.74. The summed E-state index contributed by atoms with van der Waals surface area (Å²) >= 11 is 0. The van der Waals surface area contributed by atoms with Gasteiger partial charge in [0.15, 0.2) is 0 Å². The van der Waals surface area contributed by atoms with Gasteiger partial charge in [-0.1, -0.05) is 13.8 Å². The lowest BCUT2D eigenvalue weighted by Crippen LogP contribution is -2.15. The Hall–Kier alpha value is -0.790. The molecule has 13 heavy (non-hydrogen) atoms. The molecule has 0 saturated heterocycles. The zero-order valence-electron chi connectivity index (χ0n) is 8.58. The molecule has 1 aliphatic rings. The Kier molecular flexibility index (Phi) is 2.38. The number of aromatic nitrogens is 2. The molecule has 0 fully saturated rings. The molecule has 0 aromatic carbocycles. The van der Waals surface area contributed by atoms with Crippen molar-refractivity contribution in [1.82, 2.24) is 9.78 Å². The van der Waals surface area contributed by atoms with Gasteiger partial charge in [0.25, 0.3) is 0 Å². The predicted molar refractivity (Wildman–Crippen MR) is 53.9 cm³/mol. The maximum absolute atomic E-state index is 4.58. The van der Waals surface area contributed by atoms with Gasteiger partial charge < -0.3 is 0 Å². The molecule has 0 radical (unpaired) electrons. The van der Waals surface area contributed by atoms with Gasteiger partial charge in [0.2, 0.25) is 0 Å². The van der Waals surface area contributed by atoms with E-state index in [1.165, 1.54) is 30.7 Å². The van der Waals surface area contributed by atoms with Gasteiger partial charge in [-0.15, -0.1) is 0 Å². The quantitative estimate of drug-likeness (QED) is 0.681. The molecule has 2 nitrogen and oxygen atoms in total. The monoisotopic (exact) mass is 178 g/mol. The fraction of sp³-hybridized carbons (Fsp3) is 0.727. The topological polar surface area (TPSA) is 17.8 Å². The van der Waals surface area contributed by atoms with Crippen molar-refractivity contribution in [1.29, 1.82) is 0 Å². The number of fused-ring (bicyclic) bond motifs is 1. The molecule has 1 unspecified atom stereocenters. The van der Waals surface area contributed by atoms with Crippen LogP contribution in [0.15, 0.2) is 6.07 Å². The van der Waals surface area contributed by atoms with Crippen LogP contribution in [0.1, 0.15) is 50.4 Å². The highest BCUT2D eigenvalue weighted by Crippen LogP contribution is 2.29. The number of rotatable bonds is 2. The van der Waals surface area contributed by atoms with Gasteiger partial charge in [-0.3, -0.25) is 4.68 Å². The van der Waals surface area contributed by atoms with Crippen LogP contribution in [0.25, 0.3) is 0 Å². The van der Waals surface area contributed by atoms with Crippen molar-refractivity contribution < 1.29 is 0 Å². The van der Waals surface area contributed by atoms with Gasteiger partial charge in [0.05, 0.1) is 5.69 Å². The lowest BCUT2D eigenvalue weighted by atomic mass is 9.93. The number of hydrogen-bond acceptors (Lipinski definition) is 1. The van der Waals surface area contributed by atoms with Gasteiger partial charge >= 0.3 is 0 Å². The van der Waals surface area contributed by atoms with Crippen LogP contribution in [0.3, 0.4) is 0 Å². The first-order valence-corrected chi connectivity index (χ1v) is 5.41. The summed E-state index contributed by atoms with van der Waals surface area (Å²) in [7, 11) is 0. The molecule has 0 N–H and O–H groups in total. The second-order valence-electron chi connectivity index (χ2n) is 3.88. The average molecular weight is 178 g/mol. The summed E-state index contributed by atoms with van der Waals surface area (Å²) in [5.74, 6) is 0.765. The largest absolute Gasteiger partial charge is 0.269 e. The Morgan fingerprint density at radius 2 is 2.38 bits per heavy atom. The number of aryl methyl sites for hydroxylation is 2. The van der Waals surface area contributed by atoms with Gasteiger partial charge in [-0.25, -0.2) is 0 Å². The average Bonchev–Trinajstić information content (AvgIpc) is 2.59.